The quantitative estimate of drug-likeness (QED) is 0.813. The third kappa shape index (κ3) is 3.20. The van der Waals surface area contributed by atoms with Crippen LogP contribution in [0.3, 0.4) is 0 Å². The molecule has 2 atom stereocenters. The van der Waals surface area contributed by atoms with Crippen LogP contribution in [0, 0.1) is 5.92 Å². The van der Waals surface area contributed by atoms with Crippen molar-refractivity contribution in [2.24, 2.45) is 5.92 Å². The Bertz CT molecular complexity index is 324. The van der Waals surface area contributed by atoms with Crippen LogP contribution in [0.5, 0.6) is 0 Å². The van der Waals surface area contributed by atoms with E-state index in [4.69, 9.17) is 0 Å². The summed E-state index contributed by atoms with van der Waals surface area (Å²) in [5.74, 6) is 0.627. The first-order chi connectivity index (χ1) is 7.97. The predicted molar refractivity (Wildman–Crippen MR) is 71.9 cm³/mol. The number of hydrogen-bond acceptors (Lipinski definition) is 2. The molecule has 96 valence electrons. The lowest BCUT2D eigenvalue weighted by molar-refractivity contribution is -0.00514. The number of allylic oxidation sites excluding steroid dienone is 3. The van der Waals surface area contributed by atoms with Gasteiger partial charge in [-0.2, -0.15) is 0 Å². The van der Waals surface area contributed by atoms with Gasteiger partial charge >= 0.3 is 0 Å². The van der Waals surface area contributed by atoms with E-state index in [9.17, 15) is 5.11 Å². The maximum Gasteiger partial charge on any atom is 0.0746 e. The highest BCUT2D eigenvalue weighted by Crippen LogP contribution is 2.29. The summed E-state index contributed by atoms with van der Waals surface area (Å²) in [6.45, 7) is 8.27. The molecule has 1 saturated heterocycles. The van der Waals surface area contributed by atoms with Crippen LogP contribution < -0.4 is 0 Å². The Morgan fingerprint density at radius 2 is 2.24 bits per heavy atom. The van der Waals surface area contributed by atoms with Crippen molar-refractivity contribution < 1.29 is 5.11 Å². The molecule has 0 saturated carbocycles. The Kier molecular flexibility index (Phi) is 3.74. The zero-order chi connectivity index (χ0) is 12.5. The van der Waals surface area contributed by atoms with Gasteiger partial charge in [0.2, 0.25) is 0 Å². The van der Waals surface area contributed by atoms with Crippen molar-refractivity contribution in [3.8, 4) is 0 Å². The fourth-order valence-corrected chi connectivity index (χ4v) is 3.05. The molecular weight excluding hydrogens is 210 g/mol. The van der Waals surface area contributed by atoms with Crippen molar-refractivity contribution in [3.05, 3.63) is 23.8 Å². The van der Waals surface area contributed by atoms with E-state index in [1.807, 2.05) is 13.8 Å². The van der Waals surface area contributed by atoms with Crippen LogP contribution in [0.4, 0.5) is 0 Å². The summed E-state index contributed by atoms with van der Waals surface area (Å²) in [6.07, 6.45) is 10.4. The molecule has 0 aromatic heterocycles. The van der Waals surface area contributed by atoms with Crippen molar-refractivity contribution in [2.75, 3.05) is 13.1 Å². The van der Waals surface area contributed by atoms with Gasteiger partial charge in [0.25, 0.3) is 0 Å². The molecule has 2 unspecified atom stereocenters. The van der Waals surface area contributed by atoms with E-state index in [1.54, 1.807) is 0 Å². The standard InChI is InChI=1S/C15H25NO/c1-12-6-8-13(9-7-12)11-16-10-4-5-14(16)15(2,3)17/h6-8,13-14,17H,4-5,9-11H2,1-3H3. The van der Waals surface area contributed by atoms with Gasteiger partial charge in [-0.05, 0) is 52.5 Å². The van der Waals surface area contributed by atoms with E-state index in [1.165, 1.54) is 12.0 Å². The number of aliphatic hydroxyl groups is 1. The zero-order valence-electron chi connectivity index (χ0n) is 11.3. The van der Waals surface area contributed by atoms with Gasteiger partial charge in [0.05, 0.1) is 5.60 Å². The number of hydrogen-bond donors (Lipinski definition) is 1. The van der Waals surface area contributed by atoms with E-state index in [0.717, 1.165) is 25.9 Å². The van der Waals surface area contributed by atoms with Crippen LogP contribution in [-0.2, 0) is 0 Å². The molecule has 1 N–H and O–H groups in total. The summed E-state index contributed by atoms with van der Waals surface area (Å²) in [5.41, 5.74) is 0.808. The fourth-order valence-electron chi connectivity index (χ4n) is 3.05. The van der Waals surface area contributed by atoms with Crippen molar-refractivity contribution in [1.82, 2.24) is 4.90 Å². The van der Waals surface area contributed by atoms with E-state index in [-0.39, 0.29) is 0 Å². The maximum atomic E-state index is 10.2. The molecule has 2 rings (SSSR count). The van der Waals surface area contributed by atoms with Gasteiger partial charge in [0, 0.05) is 12.6 Å². The smallest absolute Gasteiger partial charge is 0.0746 e. The molecule has 17 heavy (non-hydrogen) atoms. The maximum absolute atomic E-state index is 10.2. The van der Waals surface area contributed by atoms with Crippen LogP contribution in [0.15, 0.2) is 23.8 Å². The molecule has 0 radical (unpaired) electrons. The molecular formula is C15H25NO. The Hall–Kier alpha value is -0.600. The molecule has 2 heteroatoms. The third-order valence-electron chi connectivity index (χ3n) is 4.02. The summed E-state index contributed by atoms with van der Waals surface area (Å²) in [7, 11) is 0. The molecule has 0 amide bonds. The van der Waals surface area contributed by atoms with Crippen molar-refractivity contribution in [2.45, 2.75) is 51.7 Å². The van der Waals surface area contributed by atoms with Crippen LogP contribution in [-0.4, -0.2) is 34.7 Å². The fraction of sp³-hybridized carbons (Fsp3) is 0.733. The Morgan fingerprint density at radius 3 is 2.82 bits per heavy atom. The van der Waals surface area contributed by atoms with Crippen LogP contribution >= 0.6 is 0 Å². The summed E-state index contributed by atoms with van der Waals surface area (Å²) < 4.78 is 0. The molecule has 2 aliphatic rings. The van der Waals surface area contributed by atoms with Gasteiger partial charge in [0.1, 0.15) is 0 Å². The Labute approximate surface area is 105 Å². The van der Waals surface area contributed by atoms with Crippen LogP contribution in [0.1, 0.15) is 40.0 Å². The summed E-state index contributed by atoms with van der Waals surface area (Å²) >= 11 is 0. The lowest BCUT2D eigenvalue weighted by atomic mass is 9.93. The van der Waals surface area contributed by atoms with E-state index < -0.39 is 5.60 Å². The molecule has 1 heterocycles. The lowest BCUT2D eigenvalue weighted by Gasteiger charge is -2.35. The molecule has 0 bridgehead atoms. The van der Waals surface area contributed by atoms with E-state index >= 15 is 0 Å². The molecule has 2 nitrogen and oxygen atoms in total. The van der Waals surface area contributed by atoms with Gasteiger partial charge in [0.15, 0.2) is 0 Å². The second-order valence-corrected chi connectivity index (χ2v) is 6.11. The monoisotopic (exact) mass is 235 g/mol. The van der Waals surface area contributed by atoms with Gasteiger partial charge in [-0.15, -0.1) is 0 Å². The molecule has 0 spiro atoms. The largest absolute Gasteiger partial charge is 0.389 e. The first-order valence-electron chi connectivity index (χ1n) is 6.78. The average Bonchev–Trinajstić information content (AvgIpc) is 2.69. The molecule has 0 aromatic carbocycles. The first kappa shape index (κ1) is 12.8. The lowest BCUT2D eigenvalue weighted by Crippen LogP contribution is -2.47. The normalized spacial score (nSPS) is 30.7. The predicted octanol–water partition coefficient (Wildman–Crippen LogP) is 2.74. The summed E-state index contributed by atoms with van der Waals surface area (Å²) in [6, 6.07) is 0.336. The minimum Gasteiger partial charge on any atom is -0.389 e. The summed E-state index contributed by atoms with van der Waals surface area (Å²) in [5, 5.41) is 10.2. The molecule has 1 aliphatic carbocycles. The third-order valence-corrected chi connectivity index (χ3v) is 4.02. The minimum absolute atomic E-state index is 0.336. The van der Waals surface area contributed by atoms with Gasteiger partial charge in [-0.3, -0.25) is 4.90 Å². The molecule has 1 aliphatic heterocycles. The molecule has 1 fully saturated rings. The second kappa shape index (κ2) is 4.95. The topological polar surface area (TPSA) is 23.5 Å². The number of nitrogens with zero attached hydrogens (tertiary/aromatic N) is 1. The van der Waals surface area contributed by atoms with Gasteiger partial charge < -0.3 is 5.11 Å². The zero-order valence-corrected chi connectivity index (χ0v) is 11.3. The minimum atomic E-state index is -0.569. The second-order valence-electron chi connectivity index (χ2n) is 6.11. The van der Waals surface area contributed by atoms with Crippen molar-refractivity contribution >= 4 is 0 Å². The highest BCUT2D eigenvalue weighted by Gasteiger charge is 2.36. The summed E-state index contributed by atoms with van der Waals surface area (Å²) in [4.78, 5) is 2.48. The number of rotatable bonds is 3. The van der Waals surface area contributed by atoms with E-state index in [0.29, 0.717) is 12.0 Å². The Morgan fingerprint density at radius 1 is 1.47 bits per heavy atom. The van der Waals surface area contributed by atoms with Crippen molar-refractivity contribution in [3.63, 3.8) is 0 Å². The highest BCUT2D eigenvalue weighted by atomic mass is 16.3. The first-order valence-corrected chi connectivity index (χ1v) is 6.78. The molecule has 0 aromatic rings. The van der Waals surface area contributed by atoms with Gasteiger partial charge in [-0.1, -0.05) is 23.8 Å². The number of likely N-dealkylation sites (tertiary alicyclic amines) is 1. The highest BCUT2D eigenvalue weighted by molar-refractivity contribution is 5.21. The van der Waals surface area contributed by atoms with Gasteiger partial charge in [-0.25, -0.2) is 0 Å². The van der Waals surface area contributed by atoms with Crippen LogP contribution in [0.2, 0.25) is 0 Å². The van der Waals surface area contributed by atoms with Crippen LogP contribution in [0.25, 0.3) is 0 Å². The van der Waals surface area contributed by atoms with E-state index in [2.05, 4.69) is 30.1 Å². The Balaban J connectivity index is 1.93. The van der Waals surface area contributed by atoms with Crippen molar-refractivity contribution in [1.29, 1.82) is 0 Å². The average molecular weight is 235 g/mol. The SMILES string of the molecule is CC1=CCC(CN2CCCC2C(C)(C)O)C=C1.